The van der Waals surface area contributed by atoms with Gasteiger partial charge >= 0.3 is 6.09 Å². The van der Waals surface area contributed by atoms with E-state index in [9.17, 15) is 9.59 Å². The average molecular weight is 287 g/mol. The zero-order valence-corrected chi connectivity index (χ0v) is 12.2. The normalized spacial score (nSPS) is 20.8. The summed E-state index contributed by atoms with van der Waals surface area (Å²) in [5.74, 6) is 0.366. The molecule has 1 heterocycles. The predicted octanol–water partition coefficient (Wildman–Crippen LogP) is 3.16. The average Bonchev–Trinajstić information content (AvgIpc) is 2.93. The third kappa shape index (κ3) is 3.26. The van der Waals surface area contributed by atoms with E-state index in [0.717, 1.165) is 37.9 Å². The third-order valence-electron chi connectivity index (χ3n) is 4.77. The van der Waals surface area contributed by atoms with Gasteiger partial charge in [0, 0.05) is 25.9 Å². The van der Waals surface area contributed by atoms with Crippen molar-refractivity contribution in [3.8, 4) is 0 Å². The Morgan fingerprint density at radius 2 is 1.86 bits per heavy atom. The van der Waals surface area contributed by atoms with Crippen molar-refractivity contribution in [3.05, 3.63) is 35.9 Å². The molecule has 4 nitrogen and oxygen atoms in total. The molecule has 0 radical (unpaired) electrons. The molecule has 1 aliphatic carbocycles. The van der Waals surface area contributed by atoms with Crippen molar-refractivity contribution in [2.24, 2.45) is 5.41 Å². The number of rotatable bonds is 2. The van der Waals surface area contributed by atoms with E-state index in [1.165, 1.54) is 0 Å². The molecule has 1 aromatic carbocycles. The summed E-state index contributed by atoms with van der Waals surface area (Å²) >= 11 is 0. The monoisotopic (exact) mass is 287 g/mol. The van der Waals surface area contributed by atoms with Crippen molar-refractivity contribution in [2.75, 3.05) is 13.1 Å². The molecule has 2 fully saturated rings. The van der Waals surface area contributed by atoms with Gasteiger partial charge in [0.2, 0.25) is 0 Å². The summed E-state index contributed by atoms with van der Waals surface area (Å²) in [4.78, 5) is 25.3. The second-order valence-corrected chi connectivity index (χ2v) is 6.25. The largest absolute Gasteiger partial charge is 0.445 e. The van der Waals surface area contributed by atoms with Crippen LogP contribution in [-0.2, 0) is 16.1 Å². The number of benzene rings is 1. The summed E-state index contributed by atoms with van der Waals surface area (Å²) in [5, 5.41) is 0. The molecule has 21 heavy (non-hydrogen) atoms. The molecular formula is C17H21NO3. The predicted molar refractivity (Wildman–Crippen MR) is 78.7 cm³/mol. The van der Waals surface area contributed by atoms with E-state index in [0.29, 0.717) is 25.2 Å². The molecule has 2 aliphatic rings. The van der Waals surface area contributed by atoms with Crippen molar-refractivity contribution in [2.45, 2.75) is 38.7 Å². The van der Waals surface area contributed by atoms with Crippen LogP contribution in [0.15, 0.2) is 30.3 Å². The molecule has 0 unspecified atom stereocenters. The van der Waals surface area contributed by atoms with Crippen LogP contribution < -0.4 is 0 Å². The minimum absolute atomic E-state index is 0.166. The molecule has 1 amide bonds. The lowest BCUT2D eigenvalue weighted by atomic mass is 9.73. The first-order valence-electron chi connectivity index (χ1n) is 7.64. The molecule has 0 N–H and O–H groups in total. The minimum Gasteiger partial charge on any atom is -0.445 e. The highest BCUT2D eigenvalue weighted by Gasteiger charge is 2.42. The lowest BCUT2D eigenvalue weighted by Gasteiger charge is -2.32. The molecule has 4 heteroatoms. The van der Waals surface area contributed by atoms with Crippen LogP contribution in [0.25, 0.3) is 0 Å². The Morgan fingerprint density at radius 1 is 1.14 bits per heavy atom. The first-order valence-corrected chi connectivity index (χ1v) is 7.64. The number of hydrogen-bond donors (Lipinski definition) is 0. The Labute approximate surface area is 125 Å². The quantitative estimate of drug-likeness (QED) is 0.839. The number of carbonyl (C=O) groups is 2. The van der Waals surface area contributed by atoms with Crippen molar-refractivity contribution < 1.29 is 14.3 Å². The topological polar surface area (TPSA) is 46.6 Å². The van der Waals surface area contributed by atoms with Crippen molar-refractivity contribution in [1.82, 2.24) is 4.90 Å². The third-order valence-corrected chi connectivity index (χ3v) is 4.77. The van der Waals surface area contributed by atoms with Gasteiger partial charge in [-0.15, -0.1) is 0 Å². The van der Waals surface area contributed by atoms with E-state index in [-0.39, 0.29) is 11.5 Å². The second-order valence-electron chi connectivity index (χ2n) is 6.25. The van der Waals surface area contributed by atoms with Crippen molar-refractivity contribution >= 4 is 11.9 Å². The Hall–Kier alpha value is -1.84. The lowest BCUT2D eigenvalue weighted by molar-refractivity contribution is -0.122. The van der Waals surface area contributed by atoms with Gasteiger partial charge in [-0.25, -0.2) is 4.79 Å². The van der Waals surface area contributed by atoms with E-state index >= 15 is 0 Å². The number of Topliss-reactive ketones (excluding diaryl/α,β-unsaturated/α-hetero) is 1. The maximum absolute atomic E-state index is 12.1. The van der Waals surface area contributed by atoms with Gasteiger partial charge in [0.25, 0.3) is 0 Å². The van der Waals surface area contributed by atoms with Crippen LogP contribution in [0.4, 0.5) is 4.79 Å². The number of ether oxygens (including phenoxy) is 1. The molecule has 1 saturated carbocycles. The summed E-state index contributed by atoms with van der Waals surface area (Å²) in [6, 6.07) is 9.72. The van der Waals surface area contributed by atoms with Crippen molar-refractivity contribution in [3.63, 3.8) is 0 Å². The highest BCUT2D eigenvalue weighted by Crippen LogP contribution is 2.42. The highest BCUT2D eigenvalue weighted by atomic mass is 16.6. The van der Waals surface area contributed by atoms with Crippen LogP contribution in [0, 0.1) is 5.41 Å². The van der Waals surface area contributed by atoms with E-state index < -0.39 is 0 Å². The maximum atomic E-state index is 12.1. The fourth-order valence-electron chi connectivity index (χ4n) is 3.37. The Balaban J connectivity index is 1.51. The summed E-state index contributed by atoms with van der Waals surface area (Å²) in [7, 11) is 0. The number of ketones is 1. The number of amides is 1. The molecule has 3 rings (SSSR count). The fraction of sp³-hybridized carbons (Fsp3) is 0.529. The van der Waals surface area contributed by atoms with Gasteiger partial charge in [-0.2, -0.15) is 0 Å². The van der Waals surface area contributed by atoms with E-state index in [1.54, 1.807) is 4.90 Å². The van der Waals surface area contributed by atoms with Gasteiger partial charge in [-0.05, 0) is 30.2 Å². The Kier molecular flexibility index (Phi) is 3.95. The van der Waals surface area contributed by atoms with Crippen LogP contribution in [0.5, 0.6) is 0 Å². The highest BCUT2D eigenvalue weighted by molar-refractivity contribution is 5.79. The number of hydrogen-bond acceptors (Lipinski definition) is 3. The summed E-state index contributed by atoms with van der Waals surface area (Å²) in [6.45, 7) is 1.82. The first kappa shape index (κ1) is 14.1. The van der Waals surface area contributed by atoms with Crippen LogP contribution in [0.3, 0.4) is 0 Å². The van der Waals surface area contributed by atoms with Gasteiger partial charge in [0.15, 0.2) is 0 Å². The molecule has 1 spiro atoms. The minimum atomic E-state index is -0.229. The van der Waals surface area contributed by atoms with Gasteiger partial charge < -0.3 is 9.64 Å². The molecule has 1 aromatic rings. The second kappa shape index (κ2) is 5.88. The Bertz CT molecular complexity index is 516. The SMILES string of the molecule is O=C1CCC2(CC1)CCN(C(=O)OCc1ccccc1)C2. The molecule has 1 saturated heterocycles. The molecule has 0 atom stereocenters. The van der Waals surface area contributed by atoms with Crippen LogP contribution in [-0.4, -0.2) is 29.9 Å². The Morgan fingerprint density at radius 3 is 2.57 bits per heavy atom. The lowest BCUT2D eigenvalue weighted by Crippen LogP contribution is -2.34. The molecular weight excluding hydrogens is 266 g/mol. The molecule has 1 aliphatic heterocycles. The first-order chi connectivity index (χ1) is 10.2. The number of likely N-dealkylation sites (tertiary alicyclic amines) is 1. The summed E-state index contributed by atoms with van der Waals surface area (Å²) < 4.78 is 5.39. The fourth-order valence-corrected chi connectivity index (χ4v) is 3.37. The van der Waals surface area contributed by atoms with Crippen molar-refractivity contribution in [1.29, 1.82) is 0 Å². The van der Waals surface area contributed by atoms with Gasteiger partial charge in [-0.3, -0.25) is 4.79 Å². The summed E-state index contributed by atoms with van der Waals surface area (Å²) in [5.41, 5.74) is 1.17. The van der Waals surface area contributed by atoms with Gasteiger partial charge in [-0.1, -0.05) is 30.3 Å². The smallest absolute Gasteiger partial charge is 0.410 e. The van der Waals surface area contributed by atoms with Crippen LogP contribution in [0.2, 0.25) is 0 Å². The van der Waals surface area contributed by atoms with Gasteiger partial charge in [0.1, 0.15) is 12.4 Å². The molecule has 0 bridgehead atoms. The van der Waals surface area contributed by atoms with Crippen LogP contribution in [0.1, 0.15) is 37.7 Å². The zero-order chi connectivity index (χ0) is 14.7. The standard InChI is InChI=1S/C17H21NO3/c19-15-6-8-17(9-7-15)10-11-18(13-17)16(20)21-12-14-4-2-1-3-5-14/h1-5H,6-13H2. The number of carbonyl (C=O) groups excluding carboxylic acids is 2. The van der Waals surface area contributed by atoms with E-state index in [1.807, 2.05) is 30.3 Å². The number of nitrogens with zero attached hydrogens (tertiary/aromatic N) is 1. The zero-order valence-electron chi connectivity index (χ0n) is 12.2. The molecule has 0 aromatic heterocycles. The van der Waals surface area contributed by atoms with Gasteiger partial charge in [0.05, 0.1) is 0 Å². The van der Waals surface area contributed by atoms with Crippen LogP contribution >= 0.6 is 0 Å². The maximum Gasteiger partial charge on any atom is 0.410 e. The summed E-state index contributed by atoms with van der Waals surface area (Å²) in [6.07, 6.45) is 3.97. The van der Waals surface area contributed by atoms with E-state index in [4.69, 9.17) is 4.74 Å². The molecule has 112 valence electrons. The van der Waals surface area contributed by atoms with E-state index in [2.05, 4.69) is 0 Å².